The Morgan fingerprint density at radius 3 is 2.55 bits per heavy atom. The molecule has 2 aromatic carbocycles. The smallest absolute Gasteiger partial charge is 0.371 e. The maximum absolute atomic E-state index is 13.3. The maximum atomic E-state index is 13.3. The number of carbonyl (C=O) groups is 1. The number of piperidine rings is 1. The van der Waals surface area contributed by atoms with Gasteiger partial charge in [0.15, 0.2) is 0 Å². The molecule has 1 aliphatic carbocycles. The third-order valence-electron chi connectivity index (χ3n) is 6.54. The van der Waals surface area contributed by atoms with E-state index in [1.807, 2.05) is 11.0 Å². The van der Waals surface area contributed by atoms with Gasteiger partial charge in [-0.05, 0) is 72.4 Å². The van der Waals surface area contributed by atoms with Gasteiger partial charge in [0, 0.05) is 25.3 Å². The molecule has 6 heteroatoms. The number of fused-ring (bicyclic) bond motifs is 1. The van der Waals surface area contributed by atoms with Gasteiger partial charge in [-0.1, -0.05) is 31.2 Å². The van der Waals surface area contributed by atoms with Crippen LogP contribution in [0, 0.1) is 5.92 Å². The zero-order valence-corrected chi connectivity index (χ0v) is 17.9. The van der Waals surface area contributed by atoms with Crippen LogP contribution in [0.15, 0.2) is 36.4 Å². The summed E-state index contributed by atoms with van der Waals surface area (Å²) in [5.41, 5.74) is 4.35. The lowest BCUT2D eigenvalue weighted by molar-refractivity contribution is -0.137. The number of nitrogens with one attached hydrogen (secondary N) is 1. The predicted octanol–water partition coefficient (Wildman–Crippen LogP) is 5.29. The van der Waals surface area contributed by atoms with Crippen LogP contribution in [0.2, 0.25) is 0 Å². The van der Waals surface area contributed by atoms with Crippen LogP contribution in [0.25, 0.3) is 0 Å². The predicted molar refractivity (Wildman–Crippen MR) is 116 cm³/mol. The standard InChI is InChI=1S/C25H29F3N2O/c1-17-9-11-30(12-10-17)23-15-22(25(26,27)28)8-7-21(23)16-29-24(31)14-18-5-6-19-3-2-4-20(19)13-18/h5-8,13,15,17H,2-4,9-12,14,16H2,1H3,(H,29,31). The minimum absolute atomic E-state index is 0.115. The lowest BCUT2D eigenvalue weighted by Crippen LogP contribution is -2.34. The van der Waals surface area contributed by atoms with Gasteiger partial charge in [-0.25, -0.2) is 0 Å². The zero-order chi connectivity index (χ0) is 22.0. The second kappa shape index (κ2) is 8.93. The Kier molecular flexibility index (Phi) is 6.26. The monoisotopic (exact) mass is 430 g/mol. The Morgan fingerprint density at radius 2 is 1.81 bits per heavy atom. The Morgan fingerprint density at radius 1 is 1.06 bits per heavy atom. The molecule has 0 aromatic heterocycles. The molecule has 166 valence electrons. The fourth-order valence-corrected chi connectivity index (χ4v) is 4.61. The molecule has 0 radical (unpaired) electrons. The van der Waals surface area contributed by atoms with Crippen molar-refractivity contribution in [2.45, 2.75) is 58.2 Å². The van der Waals surface area contributed by atoms with E-state index in [-0.39, 0.29) is 18.9 Å². The summed E-state index contributed by atoms with van der Waals surface area (Å²) in [6.07, 6.45) is 1.15. The summed E-state index contributed by atoms with van der Waals surface area (Å²) >= 11 is 0. The van der Waals surface area contributed by atoms with Crippen LogP contribution < -0.4 is 10.2 Å². The zero-order valence-electron chi connectivity index (χ0n) is 17.9. The number of hydrogen-bond acceptors (Lipinski definition) is 2. The van der Waals surface area contributed by atoms with Crippen molar-refractivity contribution in [2.75, 3.05) is 18.0 Å². The van der Waals surface area contributed by atoms with Crippen molar-refractivity contribution >= 4 is 11.6 Å². The number of alkyl halides is 3. The summed E-state index contributed by atoms with van der Waals surface area (Å²) in [4.78, 5) is 14.6. The fourth-order valence-electron chi connectivity index (χ4n) is 4.61. The molecular weight excluding hydrogens is 401 g/mol. The van der Waals surface area contributed by atoms with Crippen molar-refractivity contribution in [2.24, 2.45) is 5.92 Å². The van der Waals surface area contributed by atoms with Crippen LogP contribution in [0.5, 0.6) is 0 Å². The maximum Gasteiger partial charge on any atom is 0.416 e. The summed E-state index contributed by atoms with van der Waals surface area (Å²) in [5, 5.41) is 2.91. The Balaban J connectivity index is 1.46. The molecule has 4 rings (SSSR count). The molecule has 1 aliphatic heterocycles. The summed E-state index contributed by atoms with van der Waals surface area (Å²) in [6.45, 7) is 3.87. The lowest BCUT2D eigenvalue weighted by Gasteiger charge is -2.34. The van der Waals surface area contributed by atoms with Crippen LogP contribution in [0.4, 0.5) is 18.9 Å². The summed E-state index contributed by atoms with van der Waals surface area (Å²) < 4.78 is 39.9. The highest BCUT2D eigenvalue weighted by atomic mass is 19.4. The number of rotatable bonds is 5. The topological polar surface area (TPSA) is 32.3 Å². The van der Waals surface area contributed by atoms with Crippen LogP contribution in [0.1, 0.15) is 54.0 Å². The highest BCUT2D eigenvalue weighted by Gasteiger charge is 2.32. The Bertz CT molecular complexity index is 946. The fraction of sp³-hybridized carbons (Fsp3) is 0.480. The SMILES string of the molecule is CC1CCN(c2cc(C(F)(F)F)ccc2CNC(=O)Cc2ccc3c(c2)CCC3)CC1. The molecule has 2 aromatic rings. The van der Waals surface area contributed by atoms with Crippen molar-refractivity contribution < 1.29 is 18.0 Å². The molecule has 1 N–H and O–H groups in total. The van der Waals surface area contributed by atoms with Crippen LogP contribution in [-0.4, -0.2) is 19.0 Å². The summed E-state index contributed by atoms with van der Waals surface area (Å²) in [6, 6.07) is 10.1. The first kappa shape index (κ1) is 21.7. The van der Waals surface area contributed by atoms with E-state index in [0.717, 1.165) is 62.4 Å². The molecule has 2 aliphatic rings. The summed E-state index contributed by atoms with van der Waals surface area (Å²) in [5.74, 6) is 0.466. The first-order valence-electron chi connectivity index (χ1n) is 11.1. The van der Waals surface area contributed by atoms with Crippen LogP contribution in [-0.2, 0) is 36.8 Å². The average molecular weight is 431 g/mol. The molecule has 0 bridgehead atoms. The van der Waals surface area contributed by atoms with Crippen molar-refractivity contribution in [1.29, 1.82) is 0 Å². The highest BCUT2D eigenvalue weighted by Crippen LogP contribution is 2.35. The number of halogens is 3. The van der Waals surface area contributed by atoms with E-state index in [1.165, 1.54) is 23.3 Å². The van der Waals surface area contributed by atoms with E-state index in [2.05, 4.69) is 24.4 Å². The van der Waals surface area contributed by atoms with Crippen molar-refractivity contribution in [3.05, 3.63) is 64.2 Å². The van der Waals surface area contributed by atoms with Gasteiger partial charge in [0.2, 0.25) is 5.91 Å². The van der Waals surface area contributed by atoms with E-state index in [9.17, 15) is 18.0 Å². The largest absolute Gasteiger partial charge is 0.416 e. The van der Waals surface area contributed by atoms with Gasteiger partial charge < -0.3 is 10.2 Å². The van der Waals surface area contributed by atoms with Crippen LogP contribution in [0.3, 0.4) is 0 Å². The van der Waals surface area contributed by atoms with E-state index >= 15 is 0 Å². The molecule has 0 unspecified atom stereocenters. The molecule has 0 atom stereocenters. The van der Waals surface area contributed by atoms with E-state index < -0.39 is 11.7 Å². The van der Waals surface area contributed by atoms with Crippen LogP contribution >= 0.6 is 0 Å². The number of carbonyl (C=O) groups excluding carboxylic acids is 1. The van der Waals surface area contributed by atoms with Gasteiger partial charge in [0.05, 0.1) is 12.0 Å². The third-order valence-corrected chi connectivity index (χ3v) is 6.54. The van der Waals surface area contributed by atoms with Crippen molar-refractivity contribution in [3.63, 3.8) is 0 Å². The molecule has 3 nitrogen and oxygen atoms in total. The molecule has 1 heterocycles. The Labute approximate surface area is 181 Å². The van der Waals surface area contributed by atoms with Gasteiger partial charge in [-0.3, -0.25) is 4.79 Å². The van der Waals surface area contributed by atoms with E-state index in [4.69, 9.17) is 0 Å². The molecule has 0 saturated carbocycles. The quantitative estimate of drug-likeness (QED) is 0.699. The number of benzene rings is 2. The number of aryl methyl sites for hydroxylation is 2. The average Bonchev–Trinajstić information content (AvgIpc) is 3.20. The molecule has 0 spiro atoms. The first-order chi connectivity index (χ1) is 14.8. The molecule has 1 saturated heterocycles. The van der Waals surface area contributed by atoms with Crippen molar-refractivity contribution in [3.8, 4) is 0 Å². The molecule has 31 heavy (non-hydrogen) atoms. The number of nitrogens with zero attached hydrogens (tertiary/aromatic N) is 1. The van der Waals surface area contributed by atoms with Gasteiger partial charge >= 0.3 is 6.18 Å². The molecular formula is C25H29F3N2O. The van der Waals surface area contributed by atoms with Crippen molar-refractivity contribution in [1.82, 2.24) is 5.32 Å². The van der Waals surface area contributed by atoms with Gasteiger partial charge in [-0.15, -0.1) is 0 Å². The molecule has 1 amide bonds. The van der Waals surface area contributed by atoms with E-state index in [1.54, 1.807) is 0 Å². The van der Waals surface area contributed by atoms with Gasteiger partial charge in [0.25, 0.3) is 0 Å². The minimum atomic E-state index is -4.38. The summed E-state index contributed by atoms with van der Waals surface area (Å²) in [7, 11) is 0. The first-order valence-corrected chi connectivity index (χ1v) is 11.1. The van der Waals surface area contributed by atoms with Gasteiger partial charge in [-0.2, -0.15) is 13.2 Å². The minimum Gasteiger partial charge on any atom is -0.371 e. The third kappa shape index (κ3) is 5.23. The van der Waals surface area contributed by atoms with Gasteiger partial charge in [0.1, 0.15) is 0 Å². The normalized spacial score (nSPS) is 17.0. The Hall–Kier alpha value is -2.50. The second-order valence-corrected chi connectivity index (χ2v) is 8.92. The van der Waals surface area contributed by atoms with E-state index in [0.29, 0.717) is 11.6 Å². The number of amides is 1. The number of anilines is 1. The lowest BCUT2D eigenvalue weighted by atomic mass is 9.97. The highest BCUT2D eigenvalue weighted by molar-refractivity contribution is 5.79. The molecule has 1 fully saturated rings. The second-order valence-electron chi connectivity index (χ2n) is 8.92. The number of hydrogen-bond donors (Lipinski definition) is 1.